The number of nitrogens with one attached hydrogen (secondary N) is 3. The number of hydrogen-bond acceptors (Lipinski definition) is 9. The first kappa shape index (κ1) is 29.0. The van der Waals surface area contributed by atoms with Gasteiger partial charge in [-0.15, -0.1) is 0 Å². The molecule has 12 nitrogen and oxygen atoms in total. The minimum absolute atomic E-state index is 0.0767. The number of carbonyl (C=O) groups excluding carboxylic acids is 3. The van der Waals surface area contributed by atoms with Gasteiger partial charge in [0.25, 0.3) is 0 Å². The fraction of sp³-hybridized carbons (Fsp3) is 0.375. The lowest BCUT2D eigenvalue weighted by atomic mass is 9.92. The highest BCUT2D eigenvalue weighted by atomic mass is 35.5. The molecule has 2 saturated heterocycles. The van der Waals surface area contributed by atoms with Gasteiger partial charge in [-0.05, 0) is 68.1 Å². The van der Waals surface area contributed by atoms with Gasteiger partial charge in [0.05, 0.1) is 29.7 Å². The average Bonchev–Trinajstić information content (AvgIpc) is 3.48. The van der Waals surface area contributed by atoms with Gasteiger partial charge in [0.15, 0.2) is 5.82 Å². The summed E-state index contributed by atoms with van der Waals surface area (Å²) in [6, 6.07) is 12.3. The number of piperidine rings is 2. The predicted molar refractivity (Wildman–Crippen MR) is 173 cm³/mol. The lowest BCUT2D eigenvalue weighted by Gasteiger charge is -2.38. The van der Waals surface area contributed by atoms with E-state index in [0.717, 1.165) is 52.9 Å². The molecule has 5 heterocycles. The number of nitrogens with zero attached hydrogens (tertiary/aromatic N) is 6. The van der Waals surface area contributed by atoms with Gasteiger partial charge in [0.1, 0.15) is 5.02 Å². The Morgan fingerprint density at radius 1 is 1.04 bits per heavy atom. The summed E-state index contributed by atoms with van der Waals surface area (Å²) < 4.78 is 1.80. The summed E-state index contributed by atoms with van der Waals surface area (Å²) in [4.78, 5) is 49.4. The van der Waals surface area contributed by atoms with Crippen LogP contribution in [0.15, 0.2) is 42.6 Å². The number of hydrogen-bond donors (Lipinski definition) is 3. The van der Waals surface area contributed by atoms with E-state index < -0.39 is 5.92 Å². The lowest BCUT2D eigenvalue weighted by Crippen LogP contribution is -2.45. The molecular formula is C32H34ClN9O3. The van der Waals surface area contributed by atoms with Crippen molar-refractivity contribution in [3.8, 4) is 0 Å². The molecule has 0 bridgehead atoms. The molecule has 3 amide bonds. The molecule has 13 heteroatoms. The monoisotopic (exact) mass is 627 g/mol. The van der Waals surface area contributed by atoms with Gasteiger partial charge in [0, 0.05) is 61.6 Å². The van der Waals surface area contributed by atoms with Crippen molar-refractivity contribution in [3.63, 3.8) is 0 Å². The number of amides is 3. The molecule has 2 aromatic heterocycles. The second-order valence-corrected chi connectivity index (χ2v) is 12.5. The maximum Gasteiger partial charge on any atom is 0.235 e. The number of aryl methyl sites for hydroxylation is 1. The van der Waals surface area contributed by atoms with Crippen molar-refractivity contribution in [2.45, 2.75) is 57.0 Å². The van der Waals surface area contributed by atoms with Crippen LogP contribution in [0.4, 0.5) is 28.8 Å². The fourth-order valence-electron chi connectivity index (χ4n) is 6.69. The summed E-state index contributed by atoms with van der Waals surface area (Å²) in [6.45, 7) is 2.93. The first-order chi connectivity index (χ1) is 21.6. The highest BCUT2D eigenvalue weighted by Gasteiger charge is 2.32. The molecular weight excluding hydrogens is 594 g/mol. The van der Waals surface area contributed by atoms with Crippen LogP contribution in [0, 0.1) is 0 Å². The third kappa shape index (κ3) is 5.43. The fourth-order valence-corrected chi connectivity index (χ4v) is 6.83. The number of benzene rings is 2. The van der Waals surface area contributed by atoms with Crippen LogP contribution in [0.5, 0.6) is 0 Å². The van der Waals surface area contributed by atoms with Crippen molar-refractivity contribution >= 4 is 69.1 Å². The van der Waals surface area contributed by atoms with E-state index in [9.17, 15) is 14.4 Å². The predicted octanol–water partition coefficient (Wildman–Crippen LogP) is 4.27. The normalized spacial score (nSPS) is 21.7. The Labute approximate surface area is 265 Å². The van der Waals surface area contributed by atoms with Crippen LogP contribution in [0.1, 0.15) is 49.8 Å². The topological polar surface area (TPSA) is 137 Å². The van der Waals surface area contributed by atoms with Gasteiger partial charge in [0.2, 0.25) is 23.7 Å². The Balaban J connectivity index is 1.02. The highest BCUT2D eigenvalue weighted by Crippen LogP contribution is 2.34. The molecule has 3 N–H and O–H groups in total. The summed E-state index contributed by atoms with van der Waals surface area (Å²) in [5, 5.41) is 15.5. The van der Waals surface area contributed by atoms with Crippen LogP contribution < -0.4 is 25.8 Å². The molecule has 3 aliphatic rings. The highest BCUT2D eigenvalue weighted by molar-refractivity contribution is 6.33. The van der Waals surface area contributed by atoms with Gasteiger partial charge in [-0.25, -0.2) is 4.98 Å². The zero-order chi connectivity index (χ0) is 31.4. The molecule has 0 saturated carbocycles. The number of aromatic nitrogens is 4. The molecule has 4 aromatic rings. The summed E-state index contributed by atoms with van der Waals surface area (Å²) in [7, 11) is 3.66. The largest absolute Gasteiger partial charge is 0.382 e. The summed E-state index contributed by atoms with van der Waals surface area (Å²) in [6.07, 6.45) is 4.56. The zero-order valence-electron chi connectivity index (χ0n) is 25.3. The average molecular weight is 628 g/mol. The Morgan fingerprint density at radius 3 is 2.67 bits per heavy atom. The van der Waals surface area contributed by atoms with Crippen LogP contribution in [-0.4, -0.2) is 63.1 Å². The summed E-state index contributed by atoms with van der Waals surface area (Å²) >= 11 is 6.49. The van der Waals surface area contributed by atoms with Crippen LogP contribution in [0.25, 0.3) is 10.9 Å². The number of imide groups is 1. The second-order valence-electron chi connectivity index (χ2n) is 12.1. The molecule has 0 spiro atoms. The smallest absolute Gasteiger partial charge is 0.235 e. The maximum atomic E-state index is 12.5. The van der Waals surface area contributed by atoms with Crippen LogP contribution in [0.3, 0.4) is 0 Å². The van der Waals surface area contributed by atoms with Crippen molar-refractivity contribution in [2.75, 3.05) is 34.0 Å². The molecule has 2 fully saturated rings. The van der Waals surface area contributed by atoms with Gasteiger partial charge in [-0.1, -0.05) is 11.6 Å². The third-order valence-electron chi connectivity index (χ3n) is 9.10. The van der Waals surface area contributed by atoms with E-state index in [1.54, 1.807) is 22.8 Å². The molecule has 0 aliphatic carbocycles. The van der Waals surface area contributed by atoms with E-state index in [2.05, 4.69) is 43.9 Å². The number of halogens is 1. The first-order valence-corrected chi connectivity index (χ1v) is 15.5. The summed E-state index contributed by atoms with van der Waals surface area (Å²) in [5.41, 5.74) is 5.33. The standard InChI is InChI=1S/C32H34ClN9O3/c1-17-12-21(35-20-4-6-22-26(15-20)41(3)39-29(22)23-7-9-27(43)37-31(23)45)10-11-42(17)32-34-16-24(33)30(38-32)36-19-5-8-25-18(13-19)14-28(44)40(25)2/h4-6,8,13,15-17,21,23,35H,7,9-12,14H2,1-3H3,(H,34,36,38)(H,37,43,45)/t17-,21+,23?/m1/s1. The Bertz CT molecular complexity index is 1860. The van der Waals surface area contributed by atoms with E-state index in [1.807, 2.05) is 37.4 Å². The molecule has 2 aromatic carbocycles. The van der Waals surface area contributed by atoms with Gasteiger partial charge < -0.3 is 20.4 Å². The van der Waals surface area contributed by atoms with Crippen molar-refractivity contribution in [3.05, 3.63) is 58.9 Å². The number of rotatable bonds is 6. The zero-order valence-corrected chi connectivity index (χ0v) is 26.1. The molecule has 45 heavy (non-hydrogen) atoms. The number of carbonyl (C=O) groups is 3. The molecule has 7 rings (SSSR count). The number of fused-ring (bicyclic) bond motifs is 2. The molecule has 232 valence electrons. The van der Waals surface area contributed by atoms with E-state index in [1.165, 1.54) is 0 Å². The third-order valence-corrected chi connectivity index (χ3v) is 9.38. The van der Waals surface area contributed by atoms with Gasteiger partial charge in [-0.2, -0.15) is 10.1 Å². The number of anilines is 5. The van der Waals surface area contributed by atoms with E-state index in [4.69, 9.17) is 16.6 Å². The van der Waals surface area contributed by atoms with E-state index >= 15 is 0 Å². The van der Waals surface area contributed by atoms with Crippen molar-refractivity contribution in [1.29, 1.82) is 0 Å². The minimum Gasteiger partial charge on any atom is -0.382 e. The van der Waals surface area contributed by atoms with Crippen molar-refractivity contribution < 1.29 is 14.4 Å². The Morgan fingerprint density at radius 2 is 1.87 bits per heavy atom. The minimum atomic E-state index is -0.428. The van der Waals surface area contributed by atoms with Gasteiger partial charge >= 0.3 is 0 Å². The van der Waals surface area contributed by atoms with Crippen LogP contribution >= 0.6 is 11.6 Å². The van der Waals surface area contributed by atoms with Crippen molar-refractivity contribution in [1.82, 2.24) is 25.1 Å². The molecule has 3 aliphatic heterocycles. The Hall–Kier alpha value is -4.71. The van der Waals surface area contributed by atoms with Crippen LogP contribution in [0.2, 0.25) is 5.02 Å². The SMILES string of the molecule is C[C@@H]1C[C@@H](Nc2ccc3c(C4CCC(=O)NC4=O)nn(C)c3c2)CCN1c1ncc(Cl)c(Nc2ccc3c(c2)CC(=O)N3C)n1. The van der Waals surface area contributed by atoms with Crippen molar-refractivity contribution in [2.24, 2.45) is 7.05 Å². The van der Waals surface area contributed by atoms with E-state index in [0.29, 0.717) is 41.7 Å². The van der Waals surface area contributed by atoms with E-state index in [-0.39, 0.29) is 29.8 Å². The Kier molecular flexibility index (Phi) is 7.31. The molecule has 3 atom stereocenters. The number of likely N-dealkylation sites (N-methyl/N-ethyl adjacent to an activating group) is 1. The maximum absolute atomic E-state index is 12.5. The van der Waals surface area contributed by atoms with Gasteiger partial charge in [-0.3, -0.25) is 24.4 Å². The first-order valence-electron chi connectivity index (χ1n) is 15.2. The quantitative estimate of drug-likeness (QED) is 0.268. The van der Waals surface area contributed by atoms with Crippen LogP contribution in [-0.2, 0) is 27.9 Å². The molecule has 1 unspecified atom stereocenters. The second kappa shape index (κ2) is 11.3. The lowest BCUT2D eigenvalue weighted by molar-refractivity contribution is -0.134. The summed E-state index contributed by atoms with van der Waals surface area (Å²) in [5.74, 6) is 0.269. The molecule has 0 radical (unpaired) electrons.